The molecule has 2 amide bonds. The van der Waals surface area contributed by atoms with Crippen molar-refractivity contribution in [2.24, 2.45) is 0 Å². The number of halogens is 1. The van der Waals surface area contributed by atoms with Gasteiger partial charge in [-0.3, -0.25) is 13.9 Å². The molecule has 4 aromatic carbocycles. The molecule has 1 aliphatic rings. The molecular weight excluding hydrogens is 614 g/mol. The van der Waals surface area contributed by atoms with E-state index in [1.807, 2.05) is 49.4 Å². The normalized spacial score (nSPS) is 14.3. The zero-order valence-electron chi connectivity index (χ0n) is 26.7. The smallest absolute Gasteiger partial charge is 0.264 e. The van der Waals surface area contributed by atoms with Gasteiger partial charge in [0.2, 0.25) is 11.8 Å². The Kier molecular flexibility index (Phi) is 11.4. The van der Waals surface area contributed by atoms with Crippen molar-refractivity contribution in [1.29, 1.82) is 0 Å². The van der Waals surface area contributed by atoms with E-state index >= 15 is 0 Å². The van der Waals surface area contributed by atoms with E-state index < -0.39 is 34.3 Å². The standard InChI is InChI=1S/C38H42FN3O4S/c1-2-29-20-24-34(25-21-29)42(47(45,46)35-16-10-5-11-17-35)28-37(43)41(27-31-18-22-32(39)23-19-31)36(26-30-12-6-3-7-13-30)38(44)40-33-14-8-4-9-15-33/h3,5-7,10-13,16-25,33,36H,2,4,8-9,14-15,26-28H2,1H3,(H,40,44). The van der Waals surface area contributed by atoms with Crippen molar-refractivity contribution >= 4 is 27.5 Å². The van der Waals surface area contributed by atoms with Crippen molar-refractivity contribution in [2.75, 3.05) is 10.8 Å². The van der Waals surface area contributed by atoms with Gasteiger partial charge in [-0.05, 0) is 72.4 Å². The monoisotopic (exact) mass is 655 g/mol. The van der Waals surface area contributed by atoms with E-state index in [4.69, 9.17) is 0 Å². The summed E-state index contributed by atoms with van der Waals surface area (Å²) in [4.78, 5) is 30.2. The molecule has 1 N–H and O–H groups in total. The van der Waals surface area contributed by atoms with Crippen LogP contribution in [0, 0.1) is 5.82 Å². The predicted octanol–water partition coefficient (Wildman–Crippen LogP) is 6.67. The third-order valence-corrected chi connectivity index (χ3v) is 10.5. The Morgan fingerprint density at radius 1 is 0.787 bits per heavy atom. The minimum atomic E-state index is -4.17. The van der Waals surface area contributed by atoms with Crippen LogP contribution in [0.1, 0.15) is 55.7 Å². The first-order valence-corrected chi connectivity index (χ1v) is 17.7. The quantitative estimate of drug-likeness (QED) is 0.174. The fourth-order valence-corrected chi connectivity index (χ4v) is 7.47. The highest BCUT2D eigenvalue weighted by Crippen LogP contribution is 2.26. The zero-order valence-corrected chi connectivity index (χ0v) is 27.5. The molecule has 0 aliphatic heterocycles. The molecule has 9 heteroatoms. The lowest BCUT2D eigenvalue weighted by Crippen LogP contribution is -2.55. The summed E-state index contributed by atoms with van der Waals surface area (Å²) >= 11 is 0. The predicted molar refractivity (Wildman–Crippen MR) is 183 cm³/mol. The van der Waals surface area contributed by atoms with Crippen LogP contribution in [0.15, 0.2) is 114 Å². The molecule has 0 radical (unpaired) electrons. The Hall–Kier alpha value is -4.50. The summed E-state index contributed by atoms with van der Waals surface area (Å²) in [6.07, 6.45) is 5.90. The molecule has 246 valence electrons. The molecule has 0 spiro atoms. The van der Waals surface area contributed by atoms with Crippen LogP contribution < -0.4 is 9.62 Å². The van der Waals surface area contributed by atoms with E-state index in [9.17, 15) is 22.4 Å². The van der Waals surface area contributed by atoms with E-state index in [0.717, 1.165) is 54.0 Å². The Morgan fingerprint density at radius 3 is 2.00 bits per heavy atom. The van der Waals surface area contributed by atoms with E-state index in [1.165, 1.54) is 29.2 Å². The summed E-state index contributed by atoms with van der Waals surface area (Å²) in [5.41, 5.74) is 2.84. The lowest BCUT2D eigenvalue weighted by Gasteiger charge is -2.35. The van der Waals surface area contributed by atoms with Crippen molar-refractivity contribution in [3.05, 3.63) is 132 Å². The topological polar surface area (TPSA) is 86.8 Å². The molecule has 1 saturated carbocycles. The summed E-state index contributed by atoms with van der Waals surface area (Å²) in [6, 6.07) is 29.4. The summed E-state index contributed by atoms with van der Waals surface area (Å²) < 4.78 is 43.3. The maximum Gasteiger partial charge on any atom is 0.264 e. The summed E-state index contributed by atoms with van der Waals surface area (Å²) in [7, 11) is -4.17. The van der Waals surface area contributed by atoms with Crippen molar-refractivity contribution < 1.29 is 22.4 Å². The Bertz CT molecular complexity index is 1710. The van der Waals surface area contributed by atoms with E-state index in [0.29, 0.717) is 11.3 Å². The van der Waals surface area contributed by atoms with Crippen molar-refractivity contribution in [2.45, 2.75) is 75.4 Å². The molecular formula is C38H42FN3O4S. The van der Waals surface area contributed by atoms with E-state index in [1.54, 1.807) is 42.5 Å². The molecule has 5 rings (SSSR count). The van der Waals surface area contributed by atoms with Crippen molar-refractivity contribution in [1.82, 2.24) is 10.2 Å². The molecule has 7 nitrogen and oxygen atoms in total. The first-order chi connectivity index (χ1) is 22.7. The number of hydrogen-bond acceptors (Lipinski definition) is 4. The van der Waals surface area contributed by atoms with Gasteiger partial charge in [-0.2, -0.15) is 0 Å². The van der Waals surface area contributed by atoms with Crippen LogP contribution in [-0.2, 0) is 39.0 Å². The third-order valence-electron chi connectivity index (χ3n) is 8.73. The van der Waals surface area contributed by atoms with Gasteiger partial charge in [0.25, 0.3) is 10.0 Å². The van der Waals surface area contributed by atoms with Gasteiger partial charge in [0, 0.05) is 19.0 Å². The second-order valence-corrected chi connectivity index (χ2v) is 13.9. The summed E-state index contributed by atoms with van der Waals surface area (Å²) in [6.45, 7) is 1.46. The van der Waals surface area contributed by atoms with Crippen LogP contribution in [-0.4, -0.2) is 43.8 Å². The average molecular weight is 656 g/mol. The van der Waals surface area contributed by atoms with Crippen LogP contribution in [0.5, 0.6) is 0 Å². The Balaban J connectivity index is 1.55. The van der Waals surface area contributed by atoms with Gasteiger partial charge in [-0.15, -0.1) is 0 Å². The number of aryl methyl sites for hydroxylation is 1. The highest BCUT2D eigenvalue weighted by molar-refractivity contribution is 7.92. The maximum atomic E-state index is 14.6. The van der Waals surface area contributed by atoms with Crippen LogP contribution in [0.4, 0.5) is 10.1 Å². The summed E-state index contributed by atoms with van der Waals surface area (Å²) in [5, 5.41) is 3.20. The highest BCUT2D eigenvalue weighted by atomic mass is 32.2. The summed E-state index contributed by atoms with van der Waals surface area (Å²) in [5.74, 6) is -1.26. The number of carbonyl (C=O) groups is 2. The first kappa shape index (κ1) is 33.9. The lowest BCUT2D eigenvalue weighted by molar-refractivity contribution is -0.140. The molecule has 0 bridgehead atoms. The number of hydrogen-bond donors (Lipinski definition) is 1. The molecule has 0 heterocycles. The molecule has 1 fully saturated rings. The average Bonchev–Trinajstić information content (AvgIpc) is 3.10. The maximum absolute atomic E-state index is 14.6. The number of rotatable bonds is 13. The molecule has 47 heavy (non-hydrogen) atoms. The molecule has 1 atom stereocenters. The number of benzene rings is 4. The molecule has 1 unspecified atom stereocenters. The second kappa shape index (κ2) is 15.9. The van der Waals surface area contributed by atoms with Gasteiger partial charge in [0.15, 0.2) is 0 Å². The zero-order chi connectivity index (χ0) is 33.2. The second-order valence-electron chi connectivity index (χ2n) is 12.0. The van der Waals surface area contributed by atoms with Crippen molar-refractivity contribution in [3.8, 4) is 0 Å². The number of nitrogens with one attached hydrogen (secondary N) is 1. The van der Waals surface area contributed by atoms with Crippen molar-refractivity contribution in [3.63, 3.8) is 0 Å². The minimum Gasteiger partial charge on any atom is -0.352 e. The first-order valence-electron chi connectivity index (χ1n) is 16.3. The van der Waals surface area contributed by atoms with Gasteiger partial charge < -0.3 is 10.2 Å². The SMILES string of the molecule is CCc1ccc(N(CC(=O)N(Cc2ccc(F)cc2)C(Cc2ccccc2)C(=O)NC2CCCCC2)S(=O)(=O)c2ccccc2)cc1. The fraction of sp³-hybridized carbons (Fsp3) is 0.316. The molecule has 1 aliphatic carbocycles. The Morgan fingerprint density at radius 2 is 1.38 bits per heavy atom. The molecule has 4 aromatic rings. The third kappa shape index (κ3) is 8.86. The molecule has 0 saturated heterocycles. The fourth-order valence-electron chi connectivity index (χ4n) is 6.03. The van der Waals surface area contributed by atoms with E-state index in [2.05, 4.69) is 5.32 Å². The lowest BCUT2D eigenvalue weighted by atomic mass is 9.94. The van der Waals surface area contributed by atoms with Gasteiger partial charge in [-0.1, -0.05) is 99.0 Å². The van der Waals surface area contributed by atoms with E-state index in [-0.39, 0.29) is 29.8 Å². The van der Waals surface area contributed by atoms with Crippen LogP contribution >= 0.6 is 0 Å². The van der Waals surface area contributed by atoms with Crippen LogP contribution in [0.25, 0.3) is 0 Å². The largest absolute Gasteiger partial charge is 0.352 e. The van der Waals surface area contributed by atoms with Gasteiger partial charge in [0.05, 0.1) is 10.6 Å². The Labute approximate surface area is 277 Å². The number of carbonyl (C=O) groups excluding carboxylic acids is 2. The minimum absolute atomic E-state index is 0.00401. The van der Waals surface area contributed by atoms with Crippen LogP contribution in [0.3, 0.4) is 0 Å². The highest BCUT2D eigenvalue weighted by Gasteiger charge is 2.35. The van der Waals surface area contributed by atoms with Gasteiger partial charge in [-0.25, -0.2) is 12.8 Å². The number of nitrogens with zero attached hydrogens (tertiary/aromatic N) is 2. The van der Waals surface area contributed by atoms with Gasteiger partial charge in [0.1, 0.15) is 18.4 Å². The van der Waals surface area contributed by atoms with Crippen LogP contribution in [0.2, 0.25) is 0 Å². The number of sulfonamides is 1. The van der Waals surface area contributed by atoms with Gasteiger partial charge >= 0.3 is 0 Å². The molecule has 0 aromatic heterocycles. The number of amides is 2. The number of anilines is 1.